The quantitative estimate of drug-likeness (QED) is 0.762. The molecule has 2 bridgehead atoms. The van der Waals surface area contributed by atoms with Gasteiger partial charge in [-0.05, 0) is 73.6 Å². The number of nitrogens with zero attached hydrogens (tertiary/aromatic N) is 1. The number of rotatable bonds is 4. The molecule has 0 aromatic heterocycles. The third kappa shape index (κ3) is 2.81. The first-order valence-corrected chi connectivity index (χ1v) is 10.1. The van der Waals surface area contributed by atoms with Crippen LogP contribution in [0.25, 0.3) is 0 Å². The lowest BCUT2D eigenvalue weighted by atomic mass is 9.81. The third-order valence-corrected chi connectivity index (χ3v) is 6.68. The van der Waals surface area contributed by atoms with Gasteiger partial charge in [0.15, 0.2) is 0 Å². The van der Waals surface area contributed by atoms with Crippen LogP contribution in [0, 0.1) is 23.7 Å². The fraction of sp³-hybridized carbons (Fsp3) is 0.304. The Balaban J connectivity index is 1.37. The fourth-order valence-electron chi connectivity index (χ4n) is 5.35. The molecule has 2 N–H and O–H groups in total. The zero-order chi connectivity index (χ0) is 21.0. The van der Waals surface area contributed by atoms with E-state index in [9.17, 15) is 19.2 Å². The van der Waals surface area contributed by atoms with Gasteiger partial charge in [-0.15, -0.1) is 0 Å². The number of nitrogens with one attached hydrogen (secondary N) is 1. The van der Waals surface area contributed by atoms with Crippen LogP contribution in [0.2, 0.25) is 0 Å². The van der Waals surface area contributed by atoms with Crippen LogP contribution < -0.4 is 10.2 Å². The number of carboxylic acid groups (broad SMARTS) is 1. The van der Waals surface area contributed by atoms with Gasteiger partial charge in [0.1, 0.15) is 0 Å². The SMILES string of the molecule is O=C(O)c1ccc(NC(=O)c2cccc(N3C(=O)[C@H]4[C@H]5CC[C@@H](C5)[C@@H]4C3=O)c2)cc1. The Bertz CT molecular complexity index is 1050. The molecular formula is C23H20N2O5. The summed E-state index contributed by atoms with van der Waals surface area (Å²) < 4.78 is 0. The van der Waals surface area contributed by atoms with Crippen LogP contribution in [0.3, 0.4) is 0 Å². The number of amides is 3. The van der Waals surface area contributed by atoms with Crippen molar-refractivity contribution in [3.63, 3.8) is 0 Å². The second-order valence-electron chi connectivity index (χ2n) is 8.28. The topological polar surface area (TPSA) is 104 Å². The van der Waals surface area contributed by atoms with Gasteiger partial charge in [-0.3, -0.25) is 19.3 Å². The predicted octanol–water partition coefficient (Wildman–Crippen LogP) is 3.17. The molecule has 0 spiro atoms. The fourth-order valence-corrected chi connectivity index (χ4v) is 5.35. The van der Waals surface area contributed by atoms with Crippen LogP contribution in [0.4, 0.5) is 11.4 Å². The number of fused-ring (bicyclic) bond motifs is 5. The van der Waals surface area contributed by atoms with Gasteiger partial charge < -0.3 is 10.4 Å². The Morgan fingerprint density at radius 2 is 1.53 bits per heavy atom. The first-order chi connectivity index (χ1) is 14.4. The van der Waals surface area contributed by atoms with Crippen molar-refractivity contribution in [3.8, 4) is 0 Å². The van der Waals surface area contributed by atoms with Crippen molar-refractivity contribution in [3.05, 3.63) is 59.7 Å². The Hall–Kier alpha value is -3.48. The zero-order valence-corrected chi connectivity index (χ0v) is 16.1. The van der Waals surface area contributed by atoms with Crippen LogP contribution in [0.1, 0.15) is 40.0 Å². The summed E-state index contributed by atoms with van der Waals surface area (Å²) in [6.07, 6.45) is 3.01. The maximum Gasteiger partial charge on any atom is 0.335 e. The van der Waals surface area contributed by atoms with Gasteiger partial charge in [-0.2, -0.15) is 0 Å². The molecule has 4 atom stereocenters. The van der Waals surface area contributed by atoms with E-state index in [1.807, 2.05) is 0 Å². The summed E-state index contributed by atoms with van der Waals surface area (Å²) in [5.41, 5.74) is 1.32. The van der Waals surface area contributed by atoms with Crippen molar-refractivity contribution >= 4 is 35.1 Å². The molecule has 2 aromatic rings. The van der Waals surface area contributed by atoms with E-state index in [0.717, 1.165) is 19.3 Å². The molecule has 152 valence electrons. The van der Waals surface area contributed by atoms with Gasteiger partial charge >= 0.3 is 5.97 Å². The highest BCUT2D eigenvalue weighted by atomic mass is 16.4. The van der Waals surface area contributed by atoms with Crippen LogP contribution in [-0.2, 0) is 9.59 Å². The van der Waals surface area contributed by atoms with Crippen LogP contribution in [0.5, 0.6) is 0 Å². The van der Waals surface area contributed by atoms with E-state index in [1.165, 1.54) is 29.2 Å². The summed E-state index contributed by atoms with van der Waals surface area (Å²) in [6.45, 7) is 0. The van der Waals surface area contributed by atoms with E-state index in [-0.39, 0.29) is 29.2 Å². The van der Waals surface area contributed by atoms with E-state index in [2.05, 4.69) is 5.32 Å². The molecule has 1 aliphatic heterocycles. The lowest BCUT2D eigenvalue weighted by Gasteiger charge is -2.19. The third-order valence-electron chi connectivity index (χ3n) is 6.68. The highest BCUT2D eigenvalue weighted by molar-refractivity contribution is 6.23. The van der Waals surface area contributed by atoms with Crippen molar-refractivity contribution < 1.29 is 24.3 Å². The summed E-state index contributed by atoms with van der Waals surface area (Å²) in [7, 11) is 0. The second kappa shape index (κ2) is 6.79. The van der Waals surface area contributed by atoms with Gasteiger partial charge in [0.05, 0.1) is 23.1 Å². The summed E-state index contributed by atoms with van der Waals surface area (Å²) in [4.78, 5) is 50.9. The number of aromatic carboxylic acids is 1. The molecule has 3 amide bonds. The smallest absolute Gasteiger partial charge is 0.335 e. The first-order valence-electron chi connectivity index (χ1n) is 10.1. The summed E-state index contributed by atoms with van der Waals surface area (Å²) in [5.74, 6) is -1.53. The predicted molar refractivity (Wildman–Crippen MR) is 108 cm³/mol. The highest BCUT2D eigenvalue weighted by Crippen LogP contribution is 2.56. The molecule has 1 heterocycles. The number of carbonyl (C=O) groups excluding carboxylic acids is 3. The van der Waals surface area contributed by atoms with Crippen molar-refractivity contribution in [1.82, 2.24) is 0 Å². The summed E-state index contributed by atoms with van der Waals surface area (Å²) >= 11 is 0. The lowest BCUT2D eigenvalue weighted by molar-refractivity contribution is -0.123. The number of carbonyl (C=O) groups is 4. The molecule has 2 saturated carbocycles. The zero-order valence-electron chi connectivity index (χ0n) is 16.1. The van der Waals surface area contributed by atoms with Gasteiger partial charge in [-0.1, -0.05) is 6.07 Å². The molecule has 2 aromatic carbocycles. The van der Waals surface area contributed by atoms with Crippen molar-refractivity contribution in [1.29, 1.82) is 0 Å². The van der Waals surface area contributed by atoms with E-state index in [0.29, 0.717) is 28.8 Å². The average molecular weight is 404 g/mol. The minimum atomic E-state index is -1.04. The van der Waals surface area contributed by atoms with Crippen molar-refractivity contribution in [2.45, 2.75) is 19.3 Å². The second-order valence-corrected chi connectivity index (χ2v) is 8.28. The largest absolute Gasteiger partial charge is 0.478 e. The lowest BCUT2D eigenvalue weighted by Crippen LogP contribution is -2.33. The molecule has 7 heteroatoms. The maximum absolute atomic E-state index is 13.0. The molecule has 0 unspecified atom stereocenters. The molecule has 1 saturated heterocycles. The Morgan fingerprint density at radius 3 is 2.13 bits per heavy atom. The van der Waals surface area contributed by atoms with Crippen molar-refractivity contribution in [2.75, 3.05) is 10.2 Å². The van der Waals surface area contributed by atoms with Gasteiger partial charge in [0.25, 0.3) is 5.91 Å². The Labute approximate surface area is 172 Å². The molecule has 7 nitrogen and oxygen atoms in total. The number of imide groups is 1. The first kappa shape index (κ1) is 18.5. The van der Waals surface area contributed by atoms with Crippen LogP contribution in [-0.4, -0.2) is 28.8 Å². The number of hydrogen-bond donors (Lipinski definition) is 2. The maximum atomic E-state index is 13.0. The average Bonchev–Trinajstić information content (AvgIpc) is 3.42. The van der Waals surface area contributed by atoms with Crippen LogP contribution in [0.15, 0.2) is 48.5 Å². The highest BCUT2D eigenvalue weighted by Gasteiger charge is 2.61. The molecular weight excluding hydrogens is 384 g/mol. The van der Waals surface area contributed by atoms with E-state index in [1.54, 1.807) is 24.3 Å². The number of anilines is 2. The Morgan fingerprint density at radius 1 is 0.900 bits per heavy atom. The van der Waals surface area contributed by atoms with E-state index < -0.39 is 11.9 Å². The Kier molecular flexibility index (Phi) is 4.20. The molecule has 0 radical (unpaired) electrons. The van der Waals surface area contributed by atoms with Gasteiger partial charge in [0.2, 0.25) is 11.8 Å². The van der Waals surface area contributed by atoms with Crippen molar-refractivity contribution in [2.24, 2.45) is 23.7 Å². The minimum Gasteiger partial charge on any atom is -0.478 e. The molecule has 2 aliphatic carbocycles. The van der Waals surface area contributed by atoms with Gasteiger partial charge in [0, 0.05) is 11.3 Å². The number of carboxylic acids is 1. The van der Waals surface area contributed by atoms with Gasteiger partial charge in [-0.25, -0.2) is 4.79 Å². The minimum absolute atomic E-state index is 0.126. The molecule has 5 rings (SSSR count). The number of benzene rings is 2. The summed E-state index contributed by atoms with van der Waals surface area (Å²) in [6, 6.07) is 12.3. The summed E-state index contributed by atoms with van der Waals surface area (Å²) in [5, 5.41) is 11.7. The van der Waals surface area contributed by atoms with E-state index >= 15 is 0 Å². The monoisotopic (exact) mass is 404 g/mol. The number of hydrogen-bond acceptors (Lipinski definition) is 4. The van der Waals surface area contributed by atoms with Crippen LogP contribution >= 0.6 is 0 Å². The standard InChI is InChI=1S/C23H20N2O5/c26-20(24-16-8-6-12(7-9-16)23(29)30)15-2-1-3-17(11-15)25-21(27)18-13-4-5-14(10-13)19(18)22(25)28/h1-3,6-9,11,13-14,18-19H,4-5,10H2,(H,24,26)(H,29,30)/t13-,14-,18-,19-/m0/s1. The molecule has 3 fully saturated rings. The normalized spacial score (nSPS) is 26.7. The van der Waals surface area contributed by atoms with E-state index in [4.69, 9.17) is 5.11 Å². The molecule has 30 heavy (non-hydrogen) atoms. The molecule has 3 aliphatic rings.